The highest BCUT2D eigenvalue weighted by Gasteiger charge is 2.44. The van der Waals surface area contributed by atoms with E-state index in [1.54, 1.807) is 60.1 Å². The molecule has 4 rings (SSSR count). The Labute approximate surface area is 170 Å². The van der Waals surface area contributed by atoms with Crippen molar-refractivity contribution < 1.29 is 14.7 Å². The summed E-state index contributed by atoms with van der Waals surface area (Å²) in [5.74, 6) is -1.47. The number of carbonyl (C=O) groups excluding carboxylic acids is 2. The third-order valence-corrected chi connectivity index (χ3v) is 5.66. The first-order valence-electron chi connectivity index (χ1n) is 8.54. The Kier molecular flexibility index (Phi) is 4.98. The van der Waals surface area contributed by atoms with Gasteiger partial charge in [-0.1, -0.05) is 35.9 Å². The molecule has 0 saturated carbocycles. The summed E-state index contributed by atoms with van der Waals surface area (Å²) in [4.78, 5) is 32.1. The van der Waals surface area contributed by atoms with Crippen LogP contribution in [-0.4, -0.2) is 26.7 Å². The number of hydrogen-bond donors (Lipinski definition) is 1. The maximum absolute atomic E-state index is 13.1. The number of rotatable bonds is 5. The molecule has 0 radical (unpaired) electrons. The van der Waals surface area contributed by atoms with Crippen molar-refractivity contribution in [2.45, 2.75) is 12.6 Å². The van der Waals surface area contributed by atoms with Crippen molar-refractivity contribution >= 4 is 34.6 Å². The second-order valence-electron chi connectivity index (χ2n) is 6.28. The number of thiophene rings is 1. The first kappa shape index (κ1) is 18.4. The number of benzene rings is 1. The molecule has 5 nitrogen and oxygen atoms in total. The highest BCUT2D eigenvalue weighted by Crippen LogP contribution is 2.40. The van der Waals surface area contributed by atoms with E-state index >= 15 is 0 Å². The number of carbonyl (C=O) groups is 2. The predicted molar refractivity (Wildman–Crippen MR) is 107 cm³/mol. The second kappa shape index (κ2) is 7.58. The van der Waals surface area contributed by atoms with E-state index in [9.17, 15) is 14.7 Å². The van der Waals surface area contributed by atoms with Crippen LogP contribution in [0.4, 0.5) is 0 Å². The zero-order valence-corrected chi connectivity index (χ0v) is 16.2. The Hall–Kier alpha value is -2.96. The highest BCUT2D eigenvalue weighted by atomic mass is 35.5. The maximum Gasteiger partial charge on any atom is 0.290 e. The quantitative estimate of drug-likeness (QED) is 0.625. The first-order valence-corrected chi connectivity index (χ1v) is 9.79. The monoisotopic (exact) mass is 410 g/mol. The van der Waals surface area contributed by atoms with Gasteiger partial charge in [0.25, 0.3) is 5.91 Å². The van der Waals surface area contributed by atoms with E-state index in [2.05, 4.69) is 4.98 Å². The Bertz CT molecular complexity index is 1050. The Morgan fingerprint density at radius 2 is 1.93 bits per heavy atom. The van der Waals surface area contributed by atoms with Gasteiger partial charge in [-0.25, -0.2) is 0 Å². The van der Waals surface area contributed by atoms with Crippen LogP contribution in [0, 0.1) is 0 Å². The van der Waals surface area contributed by atoms with E-state index in [4.69, 9.17) is 11.6 Å². The molecule has 1 aliphatic heterocycles. The summed E-state index contributed by atoms with van der Waals surface area (Å²) in [6.07, 6.45) is 1.64. The number of aliphatic hydroxyl groups excluding tert-OH is 1. The number of Topliss-reactive ketones (excluding diaryl/α,β-unsaturated/α-hetero) is 1. The smallest absolute Gasteiger partial charge is 0.290 e. The second-order valence-corrected chi connectivity index (χ2v) is 7.66. The molecule has 2 aromatic heterocycles. The third kappa shape index (κ3) is 3.32. The largest absolute Gasteiger partial charge is 0.503 e. The summed E-state index contributed by atoms with van der Waals surface area (Å²) in [6, 6.07) is 15.0. The van der Waals surface area contributed by atoms with Crippen molar-refractivity contribution in [1.29, 1.82) is 0 Å². The number of hydrogen-bond acceptors (Lipinski definition) is 5. The van der Waals surface area contributed by atoms with Crippen molar-refractivity contribution in [3.05, 3.63) is 98.7 Å². The zero-order chi connectivity index (χ0) is 19.7. The molecule has 0 fully saturated rings. The lowest BCUT2D eigenvalue weighted by Gasteiger charge is -2.26. The fourth-order valence-electron chi connectivity index (χ4n) is 3.25. The molecule has 1 N–H and O–H groups in total. The van der Waals surface area contributed by atoms with Gasteiger partial charge in [0.1, 0.15) is 0 Å². The number of aliphatic hydroxyl groups is 1. The molecular formula is C21H15ClN2O3S. The van der Waals surface area contributed by atoms with Crippen molar-refractivity contribution in [1.82, 2.24) is 9.88 Å². The van der Waals surface area contributed by atoms with Gasteiger partial charge < -0.3 is 10.0 Å². The van der Waals surface area contributed by atoms with Crippen LogP contribution in [0.5, 0.6) is 0 Å². The summed E-state index contributed by atoms with van der Waals surface area (Å²) in [6.45, 7) is 0.165. The topological polar surface area (TPSA) is 70.5 Å². The minimum Gasteiger partial charge on any atom is -0.503 e. The summed E-state index contributed by atoms with van der Waals surface area (Å²) in [5, 5.41) is 12.9. The SMILES string of the molecule is O=C(C1=C(O)C(=O)N(Cc2ccccn2)C1c1ccc(Cl)cc1)c1cccs1. The average Bonchev–Trinajstić information content (AvgIpc) is 3.33. The molecular weight excluding hydrogens is 396 g/mol. The van der Waals surface area contributed by atoms with E-state index in [-0.39, 0.29) is 17.9 Å². The Morgan fingerprint density at radius 1 is 1.14 bits per heavy atom. The number of halogens is 1. The van der Waals surface area contributed by atoms with Crippen LogP contribution in [0.2, 0.25) is 5.02 Å². The van der Waals surface area contributed by atoms with Crippen molar-refractivity contribution in [3.8, 4) is 0 Å². The molecule has 3 heterocycles. The van der Waals surface area contributed by atoms with Gasteiger partial charge in [-0.3, -0.25) is 14.6 Å². The van der Waals surface area contributed by atoms with E-state index in [0.29, 0.717) is 21.2 Å². The summed E-state index contributed by atoms with van der Waals surface area (Å²) in [7, 11) is 0. The molecule has 28 heavy (non-hydrogen) atoms. The van der Waals surface area contributed by atoms with E-state index in [1.165, 1.54) is 16.2 Å². The molecule has 1 aromatic carbocycles. The normalized spacial score (nSPS) is 16.7. The fraction of sp³-hybridized carbons (Fsp3) is 0.0952. The molecule has 1 atom stereocenters. The lowest BCUT2D eigenvalue weighted by molar-refractivity contribution is -0.130. The van der Waals surface area contributed by atoms with E-state index < -0.39 is 17.7 Å². The predicted octanol–water partition coefficient (Wildman–Crippen LogP) is 4.58. The minimum absolute atomic E-state index is 0.0747. The number of nitrogens with zero attached hydrogens (tertiary/aromatic N) is 2. The Balaban J connectivity index is 1.79. The molecule has 7 heteroatoms. The van der Waals surface area contributed by atoms with E-state index in [0.717, 1.165) is 0 Å². The van der Waals surface area contributed by atoms with Crippen molar-refractivity contribution in [2.24, 2.45) is 0 Å². The van der Waals surface area contributed by atoms with Crippen molar-refractivity contribution in [3.63, 3.8) is 0 Å². The molecule has 140 valence electrons. The van der Waals surface area contributed by atoms with Gasteiger partial charge in [0.05, 0.1) is 28.7 Å². The average molecular weight is 411 g/mol. The van der Waals surface area contributed by atoms with Crippen LogP contribution in [0.25, 0.3) is 0 Å². The number of pyridine rings is 1. The maximum atomic E-state index is 13.1. The molecule has 0 saturated heterocycles. The Morgan fingerprint density at radius 3 is 2.57 bits per heavy atom. The molecule has 3 aromatic rings. The van der Waals surface area contributed by atoms with Crippen LogP contribution in [0.1, 0.15) is 27.0 Å². The molecule has 0 aliphatic carbocycles. The van der Waals surface area contributed by atoms with Gasteiger partial charge in [-0.2, -0.15) is 0 Å². The van der Waals surface area contributed by atoms with Crippen molar-refractivity contribution in [2.75, 3.05) is 0 Å². The number of ketones is 1. The van der Waals surface area contributed by atoms with Gasteiger partial charge in [-0.05, 0) is 41.3 Å². The van der Waals surface area contributed by atoms with Crippen LogP contribution in [0.3, 0.4) is 0 Å². The zero-order valence-electron chi connectivity index (χ0n) is 14.6. The third-order valence-electron chi connectivity index (χ3n) is 4.54. The standard InChI is InChI=1S/C21H15ClN2O3S/c22-14-8-6-13(7-9-14)18-17(19(25)16-5-3-11-28-16)20(26)21(27)24(18)12-15-4-1-2-10-23-15/h1-11,18,26H,12H2. The first-order chi connectivity index (χ1) is 13.6. The lowest BCUT2D eigenvalue weighted by Crippen LogP contribution is -2.31. The van der Waals surface area contributed by atoms with Gasteiger partial charge in [0.2, 0.25) is 5.78 Å². The van der Waals surface area contributed by atoms with E-state index in [1.807, 2.05) is 6.07 Å². The van der Waals surface area contributed by atoms with Gasteiger partial charge in [0.15, 0.2) is 5.76 Å². The molecule has 1 aliphatic rings. The van der Waals surface area contributed by atoms with Crippen LogP contribution >= 0.6 is 22.9 Å². The number of aromatic nitrogens is 1. The minimum atomic E-state index is -0.721. The van der Waals surface area contributed by atoms with Gasteiger partial charge >= 0.3 is 0 Å². The molecule has 0 spiro atoms. The van der Waals surface area contributed by atoms with Gasteiger partial charge in [0, 0.05) is 11.2 Å². The van der Waals surface area contributed by atoms with Crippen LogP contribution in [-0.2, 0) is 11.3 Å². The fourth-order valence-corrected chi connectivity index (χ4v) is 4.05. The summed E-state index contributed by atoms with van der Waals surface area (Å²) >= 11 is 7.27. The summed E-state index contributed by atoms with van der Waals surface area (Å²) in [5.41, 5.74) is 1.43. The van der Waals surface area contributed by atoms with Crippen LogP contribution < -0.4 is 0 Å². The molecule has 1 unspecified atom stereocenters. The molecule has 0 bridgehead atoms. The van der Waals surface area contributed by atoms with Gasteiger partial charge in [-0.15, -0.1) is 11.3 Å². The van der Waals surface area contributed by atoms with Crippen LogP contribution in [0.15, 0.2) is 77.5 Å². The summed E-state index contributed by atoms with van der Waals surface area (Å²) < 4.78 is 0. The lowest BCUT2D eigenvalue weighted by atomic mass is 9.95. The highest BCUT2D eigenvalue weighted by molar-refractivity contribution is 7.12. The molecule has 1 amide bonds. The number of amides is 1.